The van der Waals surface area contributed by atoms with Crippen molar-refractivity contribution < 1.29 is 9.59 Å². The normalized spacial score (nSPS) is 15.5. The summed E-state index contributed by atoms with van der Waals surface area (Å²) in [6.45, 7) is 2.27. The van der Waals surface area contributed by atoms with Crippen LogP contribution >= 0.6 is 0 Å². The molecule has 1 saturated heterocycles. The standard InChI is InChI=1S/C11H14N4O2/c16-9-14-5-7-15(8-6-14)11(17)13-10-3-1-2-4-12-10/h1-4,9H,5-8H2,(H,12,13,17). The van der Waals surface area contributed by atoms with Crippen molar-refractivity contribution >= 4 is 18.3 Å². The summed E-state index contributed by atoms with van der Waals surface area (Å²) in [7, 11) is 0. The van der Waals surface area contributed by atoms with E-state index in [1.807, 2.05) is 6.07 Å². The van der Waals surface area contributed by atoms with Crippen molar-refractivity contribution in [2.45, 2.75) is 0 Å². The van der Waals surface area contributed by atoms with Crippen LogP contribution in [0.25, 0.3) is 0 Å². The van der Waals surface area contributed by atoms with Gasteiger partial charge in [0.25, 0.3) is 0 Å². The molecule has 90 valence electrons. The van der Waals surface area contributed by atoms with Crippen LogP contribution in [0.4, 0.5) is 10.6 Å². The van der Waals surface area contributed by atoms with Crippen molar-refractivity contribution in [3.8, 4) is 0 Å². The molecule has 1 aliphatic heterocycles. The van der Waals surface area contributed by atoms with Gasteiger partial charge >= 0.3 is 6.03 Å². The van der Waals surface area contributed by atoms with Crippen molar-refractivity contribution in [1.82, 2.24) is 14.8 Å². The lowest BCUT2D eigenvalue weighted by molar-refractivity contribution is -0.119. The third-order valence-corrected chi connectivity index (χ3v) is 2.65. The Kier molecular flexibility index (Phi) is 3.54. The highest BCUT2D eigenvalue weighted by Crippen LogP contribution is 2.05. The first kappa shape index (κ1) is 11.4. The van der Waals surface area contributed by atoms with E-state index < -0.39 is 0 Å². The van der Waals surface area contributed by atoms with Crippen LogP contribution in [0, 0.1) is 0 Å². The molecule has 0 aliphatic carbocycles. The van der Waals surface area contributed by atoms with Gasteiger partial charge in [-0.25, -0.2) is 9.78 Å². The summed E-state index contributed by atoms with van der Waals surface area (Å²) in [4.78, 5) is 29.7. The fraction of sp³-hybridized carbons (Fsp3) is 0.364. The quantitative estimate of drug-likeness (QED) is 0.753. The smallest absolute Gasteiger partial charge is 0.323 e. The van der Waals surface area contributed by atoms with E-state index in [9.17, 15) is 9.59 Å². The fourth-order valence-electron chi connectivity index (χ4n) is 1.66. The van der Waals surface area contributed by atoms with Crippen molar-refractivity contribution in [2.75, 3.05) is 31.5 Å². The number of pyridine rings is 1. The molecule has 0 unspecified atom stereocenters. The Bertz CT molecular complexity index is 388. The molecule has 0 aromatic carbocycles. The van der Waals surface area contributed by atoms with Gasteiger partial charge in [0.1, 0.15) is 5.82 Å². The molecule has 1 aromatic heterocycles. The third kappa shape index (κ3) is 2.93. The average molecular weight is 234 g/mol. The van der Waals surface area contributed by atoms with Crippen LogP contribution in [0.1, 0.15) is 0 Å². The SMILES string of the molecule is O=CN1CCN(C(=O)Nc2ccccn2)CC1. The van der Waals surface area contributed by atoms with E-state index in [0.717, 1.165) is 6.41 Å². The van der Waals surface area contributed by atoms with Crippen LogP contribution in [0.15, 0.2) is 24.4 Å². The summed E-state index contributed by atoms with van der Waals surface area (Å²) in [5.41, 5.74) is 0. The number of rotatable bonds is 2. The van der Waals surface area contributed by atoms with Gasteiger partial charge in [-0.2, -0.15) is 0 Å². The number of piperazine rings is 1. The summed E-state index contributed by atoms with van der Waals surface area (Å²) >= 11 is 0. The lowest BCUT2D eigenvalue weighted by Crippen LogP contribution is -2.49. The maximum Gasteiger partial charge on any atom is 0.323 e. The van der Waals surface area contributed by atoms with Crippen LogP contribution < -0.4 is 5.32 Å². The summed E-state index contributed by atoms with van der Waals surface area (Å²) < 4.78 is 0. The number of anilines is 1. The van der Waals surface area contributed by atoms with Crippen LogP contribution in [-0.4, -0.2) is 53.4 Å². The number of nitrogens with one attached hydrogen (secondary N) is 1. The van der Waals surface area contributed by atoms with Gasteiger partial charge in [-0.1, -0.05) is 6.07 Å². The Hall–Kier alpha value is -2.11. The molecule has 0 saturated carbocycles. The molecular weight excluding hydrogens is 220 g/mol. The molecule has 0 radical (unpaired) electrons. The van der Waals surface area contributed by atoms with E-state index in [4.69, 9.17) is 0 Å². The van der Waals surface area contributed by atoms with Crippen molar-refractivity contribution in [2.24, 2.45) is 0 Å². The van der Waals surface area contributed by atoms with Crippen LogP contribution in [-0.2, 0) is 4.79 Å². The Morgan fingerprint density at radius 3 is 2.65 bits per heavy atom. The monoisotopic (exact) mass is 234 g/mol. The Morgan fingerprint density at radius 2 is 2.06 bits per heavy atom. The average Bonchev–Trinajstić information content (AvgIpc) is 2.40. The number of nitrogens with zero attached hydrogens (tertiary/aromatic N) is 3. The van der Waals surface area contributed by atoms with E-state index in [2.05, 4.69) is 10.3 Å². The zero-order valence-corrected chi connectivity index (χ0v) is 9.37. The minimum absolute atomic E-state index is 0.172. The van der Waals surface area contributed by atoms with Gasteiger partial charge in [0.2, 0.25) is 6.41 Å². The van der Waals surface area contributed by atoms with Crippen molar-refractivity contribution in [3.05, 3.63) is 24.4 Å². The number of carbonyl (C=O) groups is 2. The summed E-state index contributed by atoms with van der Waals surface area (Å²) in [5, 5.41) is 2.71. The second-order valence-corrected chi connectivity index (χ2v) is 3.77. The number of urea groups is 1. The molecular formula is C11H14N4O2. The largest absolute Gasteiger partial charge is 0.342 e. The molecule has 1 aromatic rings. The van der Waals surface area contributed by atoms with Gasteiger partial charge < -0.3 is 9.80 Å². The van der Waals surface area contributed by atoms with E-state index in [1.165, 1.54) is 0 Å². The highest BCUT2D eigenvalue weighted by Gasteiger charge is 2.20. The van der Waals surface area contributed by atoms with Crippen LogP contribution in [0.2, 0.25) is 0 Å². The minimum atomic E-state index is -0.172. The number of amides is 3. The van der Waals surface area contributed by atoms with Gasteiger partial charge in [0.05, 0.1) is 0 Å². The lowest BCUT2D eigenvalue weighted by atomic mass is 10.3. The molecule has 0 atom stereocenters. The first-order valence-electron chi connectivity index (χ1n) is 5.46. The first-order valence-corrected chi connectivity index (χ1v) is 5.46. The second-order valence-electron chi connectivity index (χ2n) is 3.77. The van der Waals surface area contributed by atoms with E-state index in [1.54, 1.807) is 28.1 Å². The lowest BCUT2D eigenvalue weighted by Gasteiger charge is -2.32. The third-order valence-electron chi connectivity index (χ3n) is 2.65. The maximum absolute atomic E-state index is 11.8. The van der Waals surface area contributed by atoms with E-state index in [-0.39, 0.29) is 6.03 Å². The summed E-state index contributed by atoms with van der Waals surface area (Å²) in [6.07, 6.45) is 2.44. The van der Waals surface area contributed by atoms with Crippen molar-refractivity contribution in [3.63, 3.8) is 0 Å². The van der Waals surface area contributed by atoms with Crippen LogP contribution in [0.3, 0.4) is 0 Å². The van der Waals surface area contributed by atoms with Crippen molar-refractivity contribution in [1.29, 1.82) is 0 Å². The van der Waals surface area contributed by atoms with Gasteiger partial charge in [0.15, 0.2) is 0 Å². The summed E-state index contributed by atoms with van der Waals surface area (Å²) in [6, 6.07) is 5.17. The number of carbonyl (C=O) groups excluding carboxylic acids is 2. The highest BCUT2D eigenvalue weighted by molar-refractivity contribution is 5.88. The molecule has 2 rings (SSSR count). The van der Waals surface area contributed by atoms with E-state index >= 15 is 0 Å². The van der Waals surface area contributed by atoms with Gasteiger partial charge in [0, 0.05) is 32.4 Å². The number of aromatic nitrogens is 1. The molecule has 17 heavy (non-hydrogen) atoms. The maximum atomic E-state index is 11.8. The fourth-order valence-corrected chi connectivity index (χ4v) is 1.66. The zero-order valence-electron chi connectivity index (χ0n) is 9.37. The number of hydrogen-bond donors (Lipinski definition) is 1. The molecule has 1 N–H and O–H groups in total. The van der Waals surface area contributed by atoms with Crippen LogP contribution in [0.5, 0.6) is 0 Å². The van der Waals surface area contributed by atoms with Gasteiger partial charge in [-0.3, -0.25) is 10.1 Å². The van der Waals surface area contributed by atoms with E-state index in [0.29, 0.717) is 32.0 Å². The predicted molar refractivity (Wildman–Crippen MR) is 62.5 cm³/mol. The number of hydrogen-bond acceptors (Lipinski definition) is 3. The zero-order chi connectivity index (χ0) is 12.1. The second kappa shape index (κ2) is 5.29. The Morgan fingerprint density at radius 1 is 1.29 bits per heavy atom. The molecule has 0 spiro atoms. The molecule has 1 fully saturated rings. The predicted octanol–water partition coefficient (Wildman–Crippen LogP) is 0.387. The topological polar surface area (TPSA) is 65.5 Å². The molecule has 1 aliphatic rings. The highest BCUT2D eigenvalue weighted by atomic mass is 16.2. The van der Waals surface area contributed by atoms with Gasteiger partial charge in [-0.05, 0) is 12.1 Å². The minimum Gasteiger partial charge on any atom is -0.342 e. The summed E-state index contributed by atoms with van der Waals surface area (Å²) in [5.74, 6) is 0.537. The first-order chi connectivity index (χ1) is 8.29. The van der Waals surface area contributed by atoms with Gasteiger partial charge in [-0.15, -0.1) is 0 Å². The molecule has 6 heteroatoms. The molecule has 3 amide bonds. The molecule has 6 nitrogen and oxygen atoms in total. The Balaban J connectivity index is 1.87. The molecule has 0 bridgehead atoms. The Labute approximate surface area is 99.2 Å². The molecule has 2 heterocycles.